The fourth-order valence-corrected chi connectivity index (χ4v) is 3.89. The Labute approximate surface area is 209 Å². The fourth-order valence-electron chi connectivity index (χ4n) is 3.11. The largest absolute Gasteiger partial charge is 0.473 e. The normalized spacial score (nSPS) is 11.5. The number of hydrogen-bond acceptors (Lipinski definition) is 8. The van der Waals surface area contributed by atoms with Crippen LogP contribution in [0.5, 0.6) is 5.88 Å². The van der Waals surface area contributed by atoms with E-state index in [0.29, 0.717) is 29.3 Å². The van der Waals surface area contributed by atoms with E-state index in [0.717, 1.165) is 11.1 Å². The van der Waals surface area contributed by atoms with Crippen LogP contribution in [-0.4, -0.2) is 24.9 Å². The number of nitrogens with zero attached hydrogens (tertiary/aromatic N) is 4. The van der Waals surface area contributed by atoms with Gasteiger partial charge in [-0.15, -0.1) is 0 Å². The van der Waals surface area contributed by atoms with E-state index in [9.17, 15) is 4.57 Å². The number of hydrogen-bond donors (Lipinski definition) is 3. The van der Waals surface area contributed by atoms with Gasteiger partial charge in [0.1, 0.15) is 22.5 Å². The number of aromatic nitrogens is 4. The molecule has 0 amide bonds. The van der Waals surface area contributed by atoms with Gasteiger partial charge in [-0.3, -0.25) is 5.73 Å². The van der Waals surface area contributed by atoms with E-state index in [4.69, 9.17) is 48.0 Å². The highest BCUT2D eigenvalue weighted by atomic mass is 35.5. The highest BCUT2D eigenvalue weighted by Crippen LogP contribution is 2.35. The van der Waals surface area contributed by atoms with Gasteiger partial charge < -0.3 is 19.0 Å². The molecule has 0 unspecified atom stereocenters. The lowest BCUT2D eigenvalue weighted by atomic mass is 10.1. The first-order chi connectivity index (χ1) is 16.7. The molecule has 14 heteroatoms. The van der Waals surface area contributed by atoms with Crippen molar-refractivity contribution in [3.05, 3.63) is 82.0 Å². The SMILES string of the molecule is Nc1c(-c2cc(Cc3ccc(OCc4cc(Cl)nc(Cl)c4)nc3)no2)ccc[n+]1COP(=O)(O)O. The first kappa shape index (κ1) is 25.1. The summed E-state index contributed by atoms with van der Waals surface area (Å²) in [5, 5.41) is 4.64. The third-order valence-corrected chi connectivity index (χ3v) is 5.53. The van der Waals surface area contributed by atoms with Crippen molar-refractivity contribution in [2.75, 3.05) is 5.73 Å². The summed E-state index contributed by atoms with van der Waals surface area (Å²) in [7, 11) is -4.64. The molecule has 35 heavy (non-hydrogen) atoms. The summed E-state index contributed by atoms with van der Waals surface area (Å²) in [5.74, 6) is 1.02. The zero-order chi connectivity index (χ0) is 25.0. The van der Waals surface area contributed by atoms with Gasteiger partial charge in [-0.25, -0.2) is 23.6 Å². The topological polar surface area (TPSA) is 158 Å². The van der Waals surface area contributed by atoms with Gasteiger partial charge in [0.05, 0.1) is 11.9 Å². The van der Waals surface area contributed by atoms with Crippen LogP contribution in [-0.2, 0) is 28.8 Å². The van der Waals surface area contributed by atoms with Crippen LogP contribution in [0.25, 0.3) is 11.3 Å². The first-order valence-corrected chi connectivity index (χ1v) is 12.3. The van der Waals surface area contributed by atoms with E-state index >= 15 is 0 Å². The Balaban J connectivity index is 1.40. The Hall–Kier alpha value is -3.05. The van der Waals surface area contributed by atoms with Crippen molar-refractivity contribution in [1.82, 2.24) is 15.1 Å². The maximum Gasteiger partial charge on any atom is 0.472 e. The summed E-state index contributed by atoms with van der Waals surface area (Å²) in [6.07, 6.45) is 3.64. The number of ether oxygens (including phenoxy) is 1. The van der Waals surface area contributed by atoms with Gasteiger partial charge in [-0.05, 0) is 35.4 Å². The second-order valence-electron chi connectivity index (χ2n) is 7.30. The molecule has 182 valence electrons. The molecule has 4 rings (SSSR count). The molecule has 0 aliphatic rings. The molecule has 0 bridgehead atoms. The second kappa shape index (κ2) is 10.7. The minimum Gasteiger partial charge on any atom is -0.473 e. The number of halogens is 2. The molecule has 4 aromatic rings. The molecule has 0 atom stereocenters. The predicted molar refractivity (Wildman–Crippen MR) is 125 cm³/mol. The molecule has 0 radical (unpaired) electrons. The van der Waals surface area contributed by atoms with E-state index in [-0.39, 0.29) is 22.7 Å². The Morgan fingerprint density at radius 2 is 1.89 bits per heavy atom. The maximum atomic E-state index is 11.0. The number of phosphoric ester groups is 1. The molecule has 4 N–H and O–H groups in total. The summed E-state index contributed by atoms with van der Waals surface area (Å²) in [6, 6.07) is 12.0. The smallest absolute Gasteiger partial charge is 0.472 e. The van der Waals surface area contributed by atoms with Crippen LogP contribution in [0.4, 0.5) is 5.82 Å². The van der Waals surface area contributed by atoms with Crippen molar-refractivity contribution in [3.63, 3.8) is 0 Å². The number of anilines is 1. The lowest BCUT2D eigenvalue weighted by Crippen LogP contribution is -2.38. The second-order valence-corrected chi connectivity index (χ2v) is 9.31. The number of phosphoric acid groups is 1. The molecule has 4 heterocycles. The van der Waals surface area contributed by atoms with Gasteiger partial charge in [0.2, 0.25) is 12.6 Å². The molecule has 11 nitrogen and oxygen atoms in total. The summed E-state index contributed by atoms with van der Waals surface area (Å²) in [4.78, 5) is 26.0. The molecule has 0 spiro atoms. The minimum atomic E-state index is -4.64. The van der Waals surface area contributed by atoms with Crippen molar-refractivity contribution in [2.24, 2.45) is 0 Å². The van der Waals surface area contributed by atoms with Crippen LogP contribution in [0.1, 0.15) is 16.8 Å². The van der Waals surface area contributed by atoms with E-state index < -0.39 is 14.6 Å². The third-order valence-electron chi connectivity index (χ3n) is 4.70. The Morgan fingerprint density at radius 1 is 1.11 bits per heavy atom. The average Bonchev–Trinajstić information content (AvgIpc) is 3.25. The average molecular weight is 539 g/mol. The molecular weight excluding hydrogens is 520 g/mol. The van der Waals surface area contributed by atoms with Crippen LogP contribution in [0.3, 0.4) is 0 Å². The standard InChI is InChI=1S/C21H18Cl2N5O6P/c22-18-7-14(8-19(23)26-18)11-32-20-4-3-13(10-25-20)6-15-9-17(34-27-15)16-2-1-5-28(21(16)24)12-33-35(29,30)31/h1-5,7-10,24H,6,11-12H2,(H2,29,30,31)/p+1. The van der Waals surface area contributed by atoms with Gasteiger partial charge in [-0.1, -0.05) is 34.4 Å². The summed E-state index contributed by atoms with van der Waals surface area (Å²) in [6.45, 7) is -0.190. The predicted octanol–water partition coefficient (Wildman–Crippen LogP) is 3.54. The summed E-state index contributed by atoms with van der Waals surface area (Å²) >= 11 is 11.8. The van der Waals surface area contributed by atoms with E-state index in [2.05, 4.69) is 19.6 Å². The lowest BCUT2D eigenvalue weighted by molar-refractivity contribution is -0.711. The minimum absolute atomic E-state index is 0.198. The highest BCUT2D eigenvalue weighted by molar-refractivity contribution is 7.46. The summed E-state index contributed by atoms with van der Waals surface area (Å²) in [5.41, 5.74) is 8.89. The van der Waals surface area contributed by atoms with Gasteiger partial charge >= 0.3 is 7.82 Å². The molecule has 0 aliphatic carbocycles. The number of pyridine rings is 3. The zero-order valence-electron chi connectivity index (χ0n) is 17.9. The fraction of sp³-hybridized carbons (Fsp3) is 0.143. The van der Waals surface area contributed by atoms with Crippen LogP contribution >= 0.6 is 31.0 Å². The lowest BCUT2D eigenvalue weighted by Gasteiger charge is -2.07. The van der Waals surface area contributed by atoms with Crippen molar-refractivity contribution < 1.29 is 32.7 Å². The molecule has 0 aromatic carbocycles. The Kier molecular flexibility index (Phi) is 7.66. The molecule has 0 saturated carbocycles. The molecule has 4 aromatic heterocycles. The van der Waals surface area contributed by atoms with Gasteiger partial charge in [0, 0.05) is 24.8 Å². The Morgan fingerprint density at radius 3 is 2.57 bits per heavy atom. The van der Waals surface area contributed by atoms with Crippen LogP contribution in [0, 0.1) is 0 Å². The first-order valence-electron chi connectivity index (χ1n) is 10.00. The van der Waals surface area contributed by atoms with Crippen molar-refractivity contribution >= 4 is 36.8 Å². The van der Waals surface area contributed by atoms with E-state index in [1.165, 1.54) is 10.8 Å². The quantitative estimate of drug-likeness (QED) is 0.163. The van der Waals surface area contributed by atoms with Crippen LogP contribution in [0.2, 0.25) is 10.3 Å². The molecule has 0 fully saturated rings. The Bertz CT molecular complexity index is 1360. The number of nitrogens with two attached hydrogens (primary N) is 1. The van der Waals surface area contributed by atoms with Crippen molar-refractivity contribution in [1.29, 1.82) is 0 Å². The van der Waals surface area contributed by atoms with Crippen molar-refractivity contribution in [3.8, 4) is 17.2 Å². The molecule has 0 saturated heterocycles. The zero-order valence-corrected chi connectivity index (χ0v) is 20.3. The van der Waals surface area contributed by atoms with Crippen LogP contribution < -0.4 is 15.0 Å². The van der Waals surface area contributed by atoms with E-state index in [1.807, 2.05) is 6.07 Å². The molecule has 0 aliphatic heterocycles. The van der Waals surface area contributed by atoms with Gasteiger partial charge in [0.15, 0.2) is 5.76 Å². The third kappa shape index (κ3) is 6.98. The van der Waals surface area contributed by atoms with Gasteiger partial charge in [0.25, 0.3) is 5.82 Å². The van der Waals surface area contributed by atoms with Crippen LogP contribution in [0.15, 0.2) is 59.4 Å². The number of nitrogen functional groups attached to an aromatic ring is 1. The van der Waals surface area contributed by atoms with Gasteiger partial charge in [-0.2, -0.15) is 0 Å². The van der Waals surface area contributed by atoms with E-state index in [1.54, 1.807) is 42.6 Å². The monoisotopic (exact) mass is 538 g/mol. The number of rotatable bonds is 9. The summed E-state index contributed by atoms with van der Waals surface area (Å²) < 4.78 is 27.9. The maximum absolute atomic E-state index is 11.0. The van der Waals surface area contributed by atoms with Crippen molar-refractivity contribution in [2.45, 2.75) is 19.8 Å². The highest BCUT2D eigenvalue weighted by Gasteiger charge is 2.20. The molecular formula is C21H19Cl2N5O6P+.